The Kier molecular flexibility index (Phi) is 1.66. The van der Waals surface area contributed by atoms with Crippen molar-refractivity contribution in [2.45, 2.75) is 25.9 Å². The Labute approximate surface area is 66.4 Å². The van der Waals surface area contributed by atoms with E-state index < -0.39 is 0 Å². The minimum Gasteiger partial charge on any atom is -0.321 e. The summed E-state index contributed by atoms with van der Waals surface area (Å²) in [4.78, 5) is 4.18. The van der Waals surface area contributed by atoms with E-state index >= 15 is 0 Å². The fourth-order valence-corrected chi connectivity index (χ4v) is 1.53. The van der Waals surface area contributed by atoms with Crippen LogP contribution in [-0.2, 0) is 0 Å². The van der Waals surface area contributed by atoms with Crippen molar-refractivity contribution < 1.29 is 0 Å². The highest BCUT2D eigenvalue weighted by Crippen LogP contribution is 2.15. The van der Waals surface area contributed by atoms with Gasteiger partial charge >= 0.3 is 0 Å². The minimum atomic E-state index is 0.496. The highest BCUT2D eigenvalue weighted by atomic mass is 15.2. The zero-order valence-corrected chi connectivity index (χ0v) is 6.75. The molecular weight excluding hydrogens is 138 g/mol. The van der Waals surface area contributed by atoms with Crippen LogP contribution in [0.15, 0.2) is 12.5 Å². The van der Waals surface area contributed by atoms with Crippen LogP contribution in [0.5, 0.6) is 0 Å². The van der Waals surface area contributed by atoms with Crippen molar-refractivity contribution in [3.8, 4) is 0 Å². The third kappa shape index (κ3) is 1.28. The highest BCUT2D eigenvalue weighted by molar-refractivity contribution is 4.94. The Morgan fingerprint density at radius 1 is 1.73 bits per heavy atom. The van der Waals surface area contributed by atoms with E-state index in [1.165, 1.54) is 12.8 Å². The maximum atomic E-state index is 4.18. The topological polar surface area (TPSA) is 29.9 Å². The first-order chi connectivity index (χ1) is 5.36. The summed E-state index contributed by atoms with van der Waals surface area (Å²) in [6.07, 6.45) is 7.00. The van der Waals surface area contributed by atoms with E-state index in [1.807, 2.05) is 13.3 Å². The van der Waals surface area contributed by atoms with Crippen molar-refractivity contribution in [2.75, 3.05) is 6.54 Å². The Bertz CT molecular complexity index is 235. The van der Waals surface area contributed by atoms with Gasteiger partial charge in [0.2, 0.25) is 0 Å². The second-order valence-corrected chi connectivity index (χ2v) is 3.07. The number of hydrogen-bond donors (Lipinski definition) is 1. The number of hydrogen-bond acceptors (Lipinski definition) is 2. The summed E-state index contributed by atoms with van der Waals surface area (Å²) >= 11 is 0. The molecule has 0 aromatic carbocycles. The summed E-state index contributed by atoms with van der Waals surface area (Å²) < 4.78 is 2.16. The molecule has 0 radical (unpaired) electrons. The van der Waals surface area contributed by atoms with Crippen LogP contribution in [0.4, 0.5) is 0 Å². The Morgan fingerprint density at radius 3 is 3.18 bits per heavy atom. The third-order valence-corrected chi connectivity index (χ3v) is 2.12. The molecular formula is C8H13N3. The number of imidazole rings is 1. The predicted octanol–water partition coefficient (Wildman–Crippen LogP) is 1.07. The molecule has 1 N–H and O–H groups in total. The van der Waals surface area contributed by atoms with Crippen LogP contribution in [0.2, 0.25) is 0 Å². The van der Waals surface area contributed by atoms with Gasteiger partial charge in [0.15, 0.2) is 0 Å². The van der Waals surface area contributed by atoms with E-state index in [-0.39, 0.29) is 0 Å². The first-order valence-electron chi connectivity index (χ1n) is 4.10. The Hall–Kier alpha value is -0.830. The Morgan fingerprint density at radius 2 is 2.64 bits per heavy atom. The zero-order chi connectivity index (χ0) is 7.68. The average Bonchev–Trinajstić information content (AvgIpc) is 2.55. The maximum absolute atomic E-state index is 4.18. The lowest BCUT2D eigenvalue weighted by molar-refractivity contribution is 0.468. The summed E-state index contributed by atoms with van der Waals surface area (Å²) in [6, 6.07) is 0. The van der Waals surface area contributed by atoms with Gasteiger partial charge in [0, 0.05) is 6.20 Å². The summed E-state index contributed by atoms with van der Waals surface area (Å²) in [6.45, 7) is 3.16. The zero-order valence-electron chi connectivity index (χ0n) is 6.75. The van der Waals surface area contributed by atoms with Crippen molar-refractivity contribution in [2.24, 2.45) is 0 Å². The highest BCUT2D eigenvalue weighted by Gasteiger charge is 2.14. The minimum absolute atomic E-state index is 0.496. The van der Waals surface area contributed by atoms with Crippen LogP contribution < -0.4 is 5.32 Å². The van der Waals surface area contributed by atoms with Gasteiger partial charge in [-0.1, -0.05) is 0 Å². The second kappa shape index (κ2) is 2.66. The van der Waals surface area contributed by atoms with Gasteiger partial charge in [0.1, 0.15) is 0 Å². The van der Waals surface area contributed by atoms with E-state index in [2.05, 4.69) is 21.1 Å². The van der Waals surface area contributed by atoms with Crippen LogP contribution in [0.1, 0.15) is 24.7 Å². The smallest absolute Gasteiger partial charge is 0.0962 e. The molecule has 2 rings (SSSR count). The normalized spacial score (nSPS) is 24.3. The van der Waals surface area contributed by atoms with Gasteiger partial charge in [-0.05, 0) is 26.3 Å². The molecule has 0 aliphatic carbocycles. The molecule has 1 aromatic heterocycles. The second-order valence-electron chi connectivity index (χ2n) is 3.07. The van der Waals surface area contributed by atoms with Crippen molar-refractivity contribution in [1.82, 2.24) is 14.9 Å². The van der Waals surface area contributed by atoms with Gasteiger partial charge in [0.05, 0.1) is 18.2 Å². The van der Waals surface area contributed by atoms with Crippen molar-refractivity contribution in [3.63, 3.8) is 0 Å². The lowest BCUT2D eigenvalue weighted by Crippen LogP contribution is -2.18. The van der Waals surface area contributed by atoms with Crippen molar-refractivity contribution in [3.05, 3.63) is 18.2 Å². The number of aryl methyl sites for hydroxylation is 1. The third-order valence-electron chi connectivity index (χ3n) is 2.12. The molecule has 1 aromatic rings. The lowest BCUT2D eigenvalue weighted by atomic mass is 10.3. The number of aromatic nitrogens is 2. The molecule has 1 fully saturated rings. The Balaban J connectivity index is 2.15. The number of nitrogens with one attached hydrogen (secondary N) is 1. The monoisotopic (exact) mass is 151 g/mol. The van der Waals surface area contributed by atoms with Crippen LogP contribution >= 0.6 is 0 Å². The molecule has 1 atom stereocenters. The molecule has 3 nitrogen and oxygen atoms in total. The maximum Gasteiger partial charge on any atom is 0.0962 e. The first kappa shape index (κ1) is 6.85. The summed E-state index contributed by atoms with van der Waals surface area (Å²) in [5.74, 6) is 0. The molecule has 0 bridgehead atoms. The van der Waals surface area contributed by atoms with Crippen LogP contribution in [0.3, 0.4) is 0 Å². The van der Waals surface area contributed by atoms with Gasteiger partial charge in [-0.3, -0.25) is 5.32 Å². The van der Waals surface area contributed by atoms with Crippen molar-refractivity contribution >= 4 is 0 Å². The van der Waals surface area contributed by atoms with Gasteiger partial charge in [-0.2, -0.15) is 0 Å². The molecule has 2 heterocycles. The molecule has 0 amide bonds. The molecule has 1 unspecified atom stereocenters. The van der Waals surface area contributed by atoms with Crippen molar-refractivity contribution in [1.29, 1.82) is 0 Å². The predicted molar refractivity (Wildman–Crippen MR) is 43.2 cm³/mol. The molecule has 60 valence electrons. The van der Waals surface area contributed by atoms with E-state index in [0.717, 1.165) is 12.2 Å². The van der Waals surface area contributed by atoms with Gasteiger partial charge in [-0.25, -0.2) is 4.98 Å². The molecule has 1 aliphatic heterocycles. The van der Waals surface area contributed by atoms with Crippen LogP contribution in [-0.4, -0.2) is 16.1 Å². The summed E-state index contributed by atoms with van der Waals surface area (Å²) in [5, 5.41) is 3.41. The molecule has 11 heavy (non-hydrogen) atoms. The largest absolute Gasteiger partial charge is 0.321 e. The quantitative estimate of drug-likeness (QED) is 0.650. The van der Waals surface area contributed by atoms with Crippen LogP contribution in [0, 0.1) is 6.92 Å². The lowest BCUT2D eigenvalue weighted by Gasteiger charge is -2.10. The summed E-state index contributed by atoms with van der Waals surface area (Å²) in [7, 11) is 0. The van der Waals surface area contributed by atoms with E-state index in [9.17, 15) is 0 Å². The fraction of sp³-hybridized carbons (Fsp3) is 0.625. The van der Waals surface area contributed by atoms with Gasteiger partial charge < -0.3 is 4.57 Å². The van der Waals surface area contributed by atoms with Gasteiger partial charge in [0.25, 0.3) is 0 Å². The standard InChI is InChI=1S/C8H13N3/c1-7-5-11(6-10-7)8-3-2-4-9-8/h5-6,8-9H,2-4H2,1H3. The van der Waals surface area contributed by atoms with E-state index in [4.69, 9.17) is 0 Å². The van der Waals surface area contributed by atoms with Gasteiger partial charge in [-0.15, -0.1) is 0 Å². The molecule has 0 spiro atoms. The number of nitrogens with zero attached hydrogens (tertiary/aromatic N) is 2. The average molecular weight is 151 g/mol. The molecule has 1 aliphatic rings. The van der Waals surface area contributed by atoms with E-state index in [1.54, 1.807) is 0 Å². The molecule has 0 saturated carbocycles. The number of rotatable bonds is 1. The van der Waals surface area contributed by atoms with Crippen LogP contribution in [0.25, 0.3) is 0 Å². The molecule has 3 heteroatoms. The SMILES string of the molecule is Cc1cn(C2CCCN2)cn1. The first-order valence-corrected chi connectivity index (χ1v) is 4.10. The fourth-order valence-electron chi connectivity index (χ4n) is 1.53. The molecule has 1 saturated heterocycles. The van der Waals surface area contributed by atoms with E-state index in [0.29, 0.717) is 6.17 Å². The summed E-state index contributed by atoms with van der Waals surface area (Å²) in [5.41, 5.74) is 1.10.